The number of hydrogen-bond acceptors (Lipinski definition) is 2. The summed E-state index contributed by atoms with van der Waals surface area (Å²) < 4.78 is 39.4. The van der Waals surface area contributed by atoms with Crippen LogP contribution < -0.4 is 11.3 Å². The maximum absolute atomic E-state index is 12.9. The molecule has 6 heteroatoms. The summed E-state index contributed by atoms with van der Waals surface area (Å²) in [6.45, 7) is 1.80. The second-order valence-corrected chi connectivity index (χ2v) is 4.15. The summed E-state index contributed by atoms with van der Waals surface area (Å²) in [5.41, 5.74) is 4.27. The fraction of sp³-hybridized carbons (Fsp3) is 0.154. The van der Waals surface area contributed by atoms with Gasteiger partial charge in [0.1, 0.15) is 5.69 Å². The third-order valence-corrected chi connectivity index (χ3v) is 2.69. The van der Waals surface area contributed by atoms with Crippen LogP contribution in [0.1, 0.15) is 11.3 Å². The molecule has 100 valence electrons. The van der Waals surface area contributed by atoms with E-state index in [4.69, 9.17) is 5.73 Å². The Hall–Kier alpha value is -2.24. The molecule has 0 aliphatic carbocycles. The van der Waals surface area contributed by atoms with Gasteiger partial charge in [0.2, 0.25) is 0 Å². The second kappa shape index (κ2) is 4.46. The molecule has 0 radical (unpaired) electrons. The number of pyridine rings is 1. The van der Waals surface area contributed by atoms with Gasteiger partial charge in [-0.15, -0.1) is 0 Å². The van der Waals surface area contributed by atoms with Crippen molar-refractivity contribution in [3.63, 3.8) is 0 Å². The molecule has 2 N–H and O–H groups in total. The van der Waals surface area contributed by atoms with Crippen molar-refractivity contribution in [3.05, 3.63) is 58.0 Å². The van der Waals surface area contributed by atoms with Crippen molar-refractivity contribution in [2.45, 2.75) is 13.1 Å². The van der Waals surface area contributed by atoms with Gasteiger partial charge in [0, 0.05) is 5.69 Å². The van der Waals surface area contributed by atoms with Crippen LogP contribution in [0.2, 0.25) is 0 Å². The quantitative estimate of drug-likeness (QED) is 0.864. The highest BCUT2D eigenvalue weighted by Gasteiger charge is 2.35. The van der Waals surface area contributed by atoms with Crippen molar-refractivity contribution in [2.24, 2.45) is 0 Å². The van der Waals surface area contributed by atoms with Gasteiger partial charge < -0.3 is 5.73 Å². The van der Waals surface area contributed by atoms with Gasteiger partial charge in [-0.25, -0.2) is 0 Å². The first-order chi connectivity index (χ1) is 8.80. The number of aromatic nitrogens is 1. The Labute approximate surface area is 107 Å². The average Bonchev–Trinajstić information content (AvgIpc) is 2.32. The molecule has 0 bridgehead atoms. The number of alkyl halides is 3. The van der Waals surface area contributed by atoms with Crippen LogP contribution in [0.3, 0.4) is 0 Å². The van der Waals surface area contributed by atoms with Gasteiger partial charge >= 0.3 is 6.18 Å². The van der Waals surface area contributed by atoms with Crippen LogP contribution in [0, 0.1) is 6.92 Å². The molecule has 2 rings (SSSR count). The minimum Gasteiger partial charge on any atom is -0.394 e. The zero-order chi connectivity index (χ0) is 14.2. The molecule has 0 saturated carbocycles. The third-order valence-electron chi connectivity index (χ3n) is 2.69. The van der Waals surface area contributed by atoms with Gasteiger partial charge in [-0.1, -0.05) is 17.7 Å². The number of nitrogens with zero attached hydrogens (tertiary/aromatic N) is 1. The second-order valence-electron chi connectivity index (χ2n) is 4.15. The summed E-state index contributed by atoms with van der Waals surface area (Å²) in [4.78, 5) is 11.9. The minimum atomic E-state index is -4.63. The molecule has 2 aromatic rings. The summed E-state index contributed by atoms with van der Waals surface area (Å²) in [6.07, 6.45) is -4.63. The van der Waals surface area contributed by atoms with E-state index in [-0.39, 0.29) is 11.4 Å². The van der Waals surface area contributed by atoms with Gasteiger partial charge in [0.15, 0.2) is 0 Å². The molecule has 0 spiro atoms. The number of hydrogen-bond donors (Lipinski definition) is 1. The maximum Gasteiger partial charge on any atom is 0.431 e. The van der Waals surface area contributed by atoms with Crippen molar-refractivity contribution < 1.29 is 13.2 Å². The Balaban J connectivity index is 2.77. The Kier molecular flexibility index (Phi) is 3.09. The molecular formula is C13H11F3N2O. The Morgan fingerprint density at radius 1 is 1.05 bits per heavy atom. The number of nitrogens with two attached hydrogens (primary N) is 1. The van der Waals surface area contributed by atoms with E-state index < -0.39 is 17.4 Å². The predicted molar refractivity (Wildman–Crippen MR) is 66.2 cm³/mol. The number of halogens is 3. The topological polar surface area (TPSA) is 48.0 Å². The van der Waals surface area contributed by atoms with Crippen LogP contribution in [0.25, 0.3) is 5.69 Å². The minimum absolute atomic E-state index is 0.134. The molecule has 1 aromatic heterocycles. The lowest BCUT2D eigenvalue weighted by Crippen LogP contribution is -2.28. The van der Waals surface area contributed by atoms with Gasteiger partial charge in [0.25, 0.3) is 5.56 Å². The smallest absolute Gasteiger partial charge is 0.394 e. The number of rotatable bonds is 1. The fourth-order valence-electron chi connectivity index (χ4n) is 1.72. The van der Waals surface area contributed by atoms with Crippen molar-refractivity contribution in [3.8, 4) is 5.69 Å². The molecule has 0 aliphatic rings. The Bertz CT molecular complexity index is 657. The zero-order valence-electron chi connectivity index (χ0n) is 10.0. The largest absolute Gasteiger partial charge is 0.431 e. The van der Waals surface area contributed by atoms with E-state index in [0.29, 0.717) is 4.57 Å². The molecule has 0 amide bonds. The summed E-state index contributed by atoms with van der Waals surface area (Å²) in [5.74, 6) is 0. The van der Waals surface area contributed by atoms with Crippen LogP contribution in [0.4, 0.5) is 18.9 Å². The van der Waals surface area contributed by atoms with E-state index >= 15 is 0 Å². The molecule has 1 aromatic carbocycles. The SMILES string of the molecule is Cc1ccc(-n2c(C(F)(F)F)ccc(N)c2=O)cc1. The molecular weight excluding hydrogens is 257 g/mol. The Morgan fingerprint density at radius 2 is 1.63 bits per heavy atom. The molecule has 0 fully saturated rings. The summed E-state index contributed by atoms with van der Waals surface area (Å²) >= 11 is 0. The summed E-state index contributed by atoms with van der Waals surface area (Å²) in [5, 5.41) is 0. The van der Waals surface area contributed by atoms with E-state index in [2.05, 4.69) is 0 Å². The van der Waals surface area contributed by atoms with E-state index in [9.17, 15) is 18.0 Å². The van der Waals surface area contributed by atoms with Gasteiger partial charge in [0.05, 0.1) is 5.69 Å². The summed E-state index contributed by atoms with van der Waals surface area (Å²) in [6, 6.07) is 7.93. The lowest BCUT2D eigenvalue weighted by atomic mass is 10.2. The standard InChI is InChI=1S/C13H11F3N2O/c1-8-2-4-9(5-3-8)18-11(13(14,15)16)7-6-10(17)12(18)19/h2-7H,17H2,1H3. The molecule has 0 saturated heterocycles. The number of anilines is 1. The van der Waals surface area contributed by atoms with Crippen LogP contribution >= 0.6 is 0 Å². The predicted octanol–water partition coefficient (Wildman–Crippen LogP) is 2.75. The maximum atomic E-state index is 12.9. The van der Waals surface area contributed by atoms with Crippen molar-refractivity contribution in [1.82, 2.24) is 4.57 Å². The Morgan fingerprint density at radius 3 is 2.16 bits per heavy atom. The molecule has 0 atom stereocenters. The average molecular weight is 268 g/mol. The fourth-order valence-corrected chi connectivity index (χ4v) is 1.72. The monoisotopic (exact) mass is 268 g/mol. The van der Waals surface area contributed by atoms with E-state index in [0.717, 1.165) is 17.7 Å². The van der Waals surface area contributed by atoms with Crippen LogP contribution in [0.5, 0.6) is 0 Å². The normalized spacial score (nSPS) is 11.6. The van der Waals surface area contributed by atoms with Crippen LogP contribution in [-0.4, -0.2) is 4.57 Å². The first kappa shape index (κ1) is 13.2. The number of benzene rings is 1. The van der Waals surface area contributed by atoms with E-state index in [1.54, 1.807) is 19.1 Å². The highest BCUT2D eigenvalue weighted by atomic mass is 19.4. The van der Waals surface area contributed by atoms with E-state index in [1.165, 1.54) is 12.1 Å². The number of aryl methyl sites for hydroxylation is 1. The number of nitrogen functional groups attached to an aromatic ring is 1. The summed E-state index contributed by atoms with van der Waals surface area (Å²) in [7, 11) is 0. The zero-order valence-corrected chi connectivity index (χ0v) is 10.0. The van der Waals surface area contributed by atoms with Crippen LogP contribution in [-0.2, 0) is 6.18 Å². The molecule has 3 nitrogen and oxygen atoms in total. The molecule has 0 unspecified atom stereocenters. The first-order valence-electron chi connectivity index (χ1n) is 5.46. The lowest BCUT2D eigenvalue weighted by molar-refractivity contribution is -0.142. The van der Waals surface area contributed by atoms with E-state index in [1.807, 2.05) is 0 Å². The van der Waals surface area contributed by atoms with Gasteiger partial charge in [-0.2, -0.15) is 13.2 Å². The highest BCUT2D eigenvalue weighted by molar-refractivity contribution is 5.44. The molecule has 19 heavy (non-hydrogen) atoms. The van der Waals surface area contributed by atoms with Crippen molar-refractivity contribution in [2.75, 3.05) is 5.73 Å². The van der Waals surface area contributed by atoms with Crippen molar-refractivity contribution in [1.29, 1.82) is 0 Å². The first-order valence-corrected chi connectivity index (χ1v) is 5.46. The van der Waals surface area contributed by atoms with Gasteiger partial charge in [-0.3, -0.25) is 9.36 Å². The molecule has 0 aliphatic heterocycles. The lowest BCUT2D eigenvalue weighted by Gasteiger charge is -2.16. The van der Waals surface area contributed by atoms with Gasteiger partial charge in [-0.05, 0) is 31.2 Å². The van der Waals surface area contributed by atoms with Crippen LogP contribution in [0.15, 0.2) is 41.2 Å². The third kappa shape index (κ3) is 2.47. The molecule has 1 heterocycles. The van der Waals surface area contributed by atoms with Crippen molar-refractivity contribution >= 4 is 5.69 Å². The highest BCUT2D eigenvalue weighted by Crippen LogP contribution is 2.30.